The number of hydrogen-bond acceptors (Lipinski definition) is 5. The summed E-state index contributed by atoms with van der Waals surface area (Å²) in [6.07, 6.45) is -0.539. The molecule has 0 spiro atoms. The van der Waals surface area contributed by atoms with Crippen molar-refractivity contribution in [2.45, 2.75) is 39.7 Å². The zero-order chi connectivity index (χ0) is 21.7. The summed E-state index contributed by atoms with van der Waals surface area (Å²) >= 11 is 0. The lowest BCUT2D eigenvalue weighted by atomic mass is 9.92. The number of aromatic nitrogens is 2. The summed E-state index contributed by atoms with van der Waals surface area (Å²) in [5.41, 5.74) is 9.14. The van der Waals surface area contributed by atoms with E-state index in [2.05, 4.69) is 31.2 Å². The van der Waals surface area contributed by atoms with Gasteiger partial charge in [-0.2, -0.15) is 5.10 Å². The van der Waals surface area contributed by atoms with Gasteiger partial charge in [0.2, 0.25) is 0 Å². The minimum Gasteiger partial charge on any atom is -0.492 e. The van der Waals surface area contributed by atoms with E-state index in [0.29, 0.717) is 29.5 Å². The summed E-state index contributed by atoms with van der Waals surface area (Å²) in [5, 5.41) is 7.38. The number of amides is 1. The van der Waals surface area contributed by atoms with E-state index in [4.69, 9.17) is 15.2 Å². The maximum Gasteiger partial charge on any atom is 0.411 e. The van der Waals surface area contributed by atoms with Gasteiger partial charge in [-0.05, 0) is 24.6 Å². The van der Waals surface area contributed by atoms with E-state index in [9.17, 15) is 4.79 Å². The summed E-state index contributed by atoms with van der Waals surface area (Å²) in [5.74, 6) is 1.08. The van der Waals surface area contributed by atoms with Crippen LogP contribution in [0.3, 0.4) is 0 Å². The van der Waals surface area contributed by atoms with E-state index in [1.807, 2.05) is 49.4 Å². The Kier molecular flexibility index (Phi) is 6.30. The molecule has 0 bridgehead atoms. The fourth-order valence-corrected chi connectivity index (χ4v) is 2.87. The van der Waals surface area contributed by atoms with E-state index >= 15 is 0 Å². The predicted octanol–water partition coefficient (Wildman–Crippen LogP) is 4.90. The molecule has 0 saturated heterocycles. The molecule has 7 heteroatoms. The lowest BCUT2D eigenvalue weighted by Crippen LogP contribution is -2.14. The third-order valence-electron chi connectivity index (χ3n) is 4.45. The predicted molar refractivity (Wildman–Crippen MR) is 118 cm³/mol. The van der Waals surface area contributed by atoms with Gasteiger partial charge in [0.25, 0.3) is 0 Å². The highest BCUT2D eigenvalue weighted by molar-refractivity contribution is 5.85. The molecule has 1 aromatic heterocycles. The van der Waals surface area contributed by atoms with E-state index in [0.717, 1.165) is 11.3 Å². The van der Waals surface area contributed by atoms with Gasteiger partial charge in [-0.15, -0.1) is 0 Å². The first-order valence-electron chi connectivity index (χ1n) is 9.89. The first kappa shape index (κ1) is 21.2. The van der Waals surface area contributed by atoms with E-state index in [1.165, 1.54) is 0 Å². The van der Waals surface area contributed by atoms with Gasteiger partial charge in [0.05, 0.1) is 12.3 Å². The van der Waals surface area contributed by atoms with Crippen molar-refractivity contribution < 1.29 is 14.3 Å². The number of nitrogen functional groups attached to an aromatic ring is 1. The number of anilines is 2. The first-order chi connectivity index (χ1) is 14.3. The number of nitrogens with zero attached hydrogens (tertiary/aromatic N) is 2. The van der Waals surface area contributed by atoms with Crippen LogP contribution in [0.2, 0.25) is 0 Å². The number of ether oxygens (including phenoxy) is 2. The molecule has 2 aromatic carbocycles. The highest BCUT2D eigenvalue weighted by Gasteiger charge is 2.21. The molecule has 0 saturated carbocycles. The van der Waals surface area contributed by atoms with Gasteiger partial charge in [-0.25, -0.2) is 9.48 Å². The van der Waals surface area contributed by atoms with Gasteiger partial charge in [0.15, 0.2) is 0 Å². The molecule has 1 amide bonds. The molecule has 1 heterocycles. The number of carbonyl (C=O) groups excluding carboxylic acids is 1. The van der Waals surface area contributed by atoms with Crippen molar-refractivity contribution >= 4 is 17.6 Å². The van der Waals surface area contributed by atoms with Gasteiger partial charge in [-0.3, -0.25) is 5.32 Å². The van der Waals surface area contributed by atoms with Crippen LogP contribution >= 0.6 is 0 Å². The molecule has 7 nitrogen and oxygen atoms in total. The third-order valence-corrected chi connectivity index (χ3v) is 4.45. The molecule has 3 rings (SSSR count). The lowest BCUT2D eigenvalue weighted by Gasteiger charge is -2.15. The Morgan fingerprint density at radius 2 is 1.87 bits per heavy atom. The summed E-state index contributed by atoms with van der Waals surface area (Å²) in [7, 11) is 0. The van der Waals surface area contributed by atoms with Crippen LogP contribution in [-0.4, -0.2) is 22.5 Å². The number of nitrogens with two attached hydrogens (primary N) is 1. The van der Waals surface area contributed by atoms with E-state index < -0.39 is 6.09 Å². The molecule has 3 aromatic rings. The second kappa shape index (κ2) is 8.90. The van der Waals surface area contributed by atoms with Crippen LogP contribution in [0.1, 0.15) is 39.0 Å². The molecule has 0 aliphatic heterocycles. The number of benzene rings is 2. The Morgan fingerprint density at radius 3 is 2.50 bits per heavy atom. The standard InChI is InChI=1S/C23H28N4O3/c1-5-29-19-13-17(25-22(28)30-15-16-9-7-6-8-10-16)11-12-18(19)27-21(24)14-20(26-27)23(2,3)4/h6-14H,5,15,24H2,1-4H3,(H,25,28). The Balaban J connectivity index is 1.78. The van der Waals surface area contributed by atoms with Crippen molar-refractivity contribution in [2.24, 2.45) is 0 Å². The highest BCUT2D eigenvalue weighted by atomic mass is 16.5. The van der Waals surface area contributed by atoms with Gasteiger partial charge >= 0.3 is 6.09 Å². The summed E-state index contributed by atoms with van der Waals surface area (Å²) in [6, 6.07) is 16.7. The Morgan fingerprint density at radius 1 is 1.13 bits per heavy atom. The summed E-state index contributed by atoms with van der Waals surface area (Å²) in [4.78, 5) is 12.2. The average molecular weight is 409 g/mol. The fourth-order valence-electron chi connectivity index (χ4n) is 2.87. The maximum atomic E-state index is 12.2. The molecule has 3 N–H and O–H groups in total. The molecule has 158 valence electrons. The summed E-state index contributed by atoms with van der Waals surface area (Å²) < 4.78 is 12.7. The minimum atomic E-state index is -0.539. The zero-order valence-corrected chi connectivity index (χ0v) is 17.8. The lowest BCUT2D eigenvalue weighted by molar-refractivity contribution is 0.155. The zero-order valence-electron chi connectivity index (χ0n) is 17.8. The molecule has 0 atom stereocenters. The van der Waals surface area contributed by atoms with Crippen molar-refractivity contribution in [3.63, 3.8) is 0 Å². The maximum absolute atomic E-state index is 12.2. The van der Waals surface area contributed by atoms with Crippen LogP contribution in [0.4, 0.5) is 16.3 Å². The number of carbonyl (C=O) groups is 1. The molecule has 0 aliphatic rings. The first-order valence-corrected chi connectivity index (χ1v) is 9.89. The van der Waals surface area contributed by atoms with Crippen molar-refractivity contribution in [1.82, 2.24) is 9.78 Å². The smallest absolute Gasteiger partial charge is 0.411 e. The monoisotopic (exact) mass is 408 g/mol. The molecule has 0 radical (unpaired) electrons. The van der Waals surface area contributed by atoms with Crippen LogP contribution < -0.4 is 15.8 Å². The van der Waals surface area contributed by atoms with E-state index in [1.54, 1.807) is 16.8 Å². The molecular formula is C23H28N4O3. The molecule has 0 fully saturated rings. The number of rotatable bonds is 6. The molecular weight excluding hydrogens is 380 g/mol. The van der Waals surface area contributed by atoms with Crippen LogP contribution in [0.25, 0.3) is 5.69 Å². The van der Waals surface area contributed by atoms with E-state index in [-0.39, 0.29) is 12.0 Å². The molecule has 30 heavy (non-hydrogen) atoms. The fraction of sp³-hybridized carbons (Fsp3) is 0.304. The average Bonchev–Trinajstić information content (AvgIpc) is 3.10. The topological polar surface area (TPSA) is 91.4 Å². The third kappa shape index (κ3) is 5.11. The quantitative estimate of drug-likeness (QED) is 0.605. The van der Waals surface area contributed by atoms with Gasteiger partial charge in [0.1, 0.15) is 23.9 Å². The summed E-state index contributed by atoms with van der Waals surface area (Å²) in [6.45, 7) is 8.79. The second-order valence-corrected chi connectivity index (χ2v) is 7.92. The van der Waals surface area contributed by atoms with Crippen molar-refractivity contribution in [3.8, 4) is 11.4 Å². The number of nitrogens with one attached hydrogen (secondary N) is 1. The Labute approximate surface area is 176 Å². The number of hydrogen-bond donors (Lipinski definition) is 2. The van der Waals surface area contributed by atoms with Crippen LogP contribution in [0.5, 0.6) is 5.75 Å². The van der Waals surface area contributed by atoms with Crippen molar-refractivity contribution in [1.29, 1.82) is 0 Å². The highest BCUT2D eigenvalue weighted by Crippen LogP contribution is 2.31. The Bertz CT molecular complexity index is 1010. The minimum absolute atomic E-state index is 0.130. The van der Waals surface area contributed by atoms with Gasteiger partial charge in [0, 0.05) is 23.2 Å². The van der Waals surface area contributed by atoms with Crippen LogP contribution in [0, 0.1) is 0 Å². The molecule has 0 aliphatic carbocycles. The van der Waals surface area contributed by atoms with Crippen LogP contribution in [-0.2, 0) is 16.8 Å². The largest absolute Gasteiger partial charge is 0.492 e. The van der Waals surface area contributed by atoms with Gasteiger partial charge < -0.3 is 15.2 Å². The van der Waals surface area contributed by atoms with Crippen molar-refractivity contribution in [2.75, 3.05) is 17.7 Å². The van der Waals surface area contributed by atoms with Crippen molar-refractivity contribution in [3.05, 3.63) is 65.9 Å². The normalized spacial score (nSPS) is 11.2. The van der Waals surface area contributed by atoms with Crippen LogP contribution in [0.15, 0.2) is 54.6 Å². The van der Waals surface area contributed by atoms with Gasteiger partial charge in [-0.1, -0.05) is 51.1 Å². The SMILES string of the molecule is CCOc1cc(NC(=O)OCc2ccccc2)ccc1-n1nc(C(C)(C)C)cc1N. The molecule has 0 unspecified atom stereocenters. The second-order valence-electron chi connectivity index (χ2n) is 7.92. The Hall–Kier alpha value is -3.48.